The number of carbonyl (C=O) groups excluding carboxylic acids is 2. The third kappa shape index (κ3) is 8.62. The Hall–Kier alpha value is -4.68. The van der Waals surface area contributed by atoms with Crippen LogP contribution in [0.4, 0.5) is 21.9 Å². The Kier molecular flexibility index (Phi) is 10.9. The highest BCUT2D eigenvalue weighted by Crippen LogP contribution is 2.40. The minimum Gasteiger partial charge on any atom is -0.505 e. The van der Waals surface area contributed by atoms with E-state index in [1.165, 1.54) is 28.6 Å². The van der Waals surface area contributed by atoms with Crippen molar-refractivity contribution >= 4 is 50.0 Å². The number of aromatic hydroxyl groups is 1. The summed E-state index contributed by atoms with van der Waals surface area (Å²) in [4.78, 5) is 40.6. The molecule has 0 aliphatic carbocycles. The lowest BCUT2D eigenvalue weighted by Gasteiger charge is -2.27. The number of nitrogens with one attached hydrogen (secondary N) is 3. The van der Waals surface area contributed by atoms with Gasteiger partial charge < -0.3 is 25.5 Å². The maximum absolute atomic E-state index is 13.6. The van der Waals surface area contributed by atoms with Gasteiger partial charge in [0.2, 0.25) is 10.0 Å². The quantitative estimate of drug-likeness (QED) is 0.133. The summed E-state index contributed by atoms with van der Waals surface area (Å²) in [5, 5.41) is 19.6. The number of amides is 3. The Morgan fingerprint density at radius 1 is 0.765 bits per heavy atom. The van der Waals surface area contributed by atoms with Gasteiger partial charge in [0, 0.05) is 30.4 Å². The standard InChI is InChI=1S/C39H50N4O7S/c1-12-43(13-2)51(48,49)26-16-14-15-25(21-26)40-35(46)32-22-31(44)27-17-23(37(3,4)5)20-30(34(27)50-32)42-36(47)41-29-19-24(38(6,7)8)18-28(33(29)45)39(9,10)11/h14-22,45H,12-13H2,1-11H3,(H,40,46)(H2,41,42,47). The van der Waals surface area contributed by atoms with E-state index in [4.69, 9.17) is 4.42 Å². The number of benzene rings is 3. The zero-order valence-corrected chi connectivity index (χ0v) is 32.2. The molecular formula is C39H50N4O7S. The van der Waals surface area contributed by atoms with Crippen molar-refractivity contribution in [3.63, 3.8) is 0 Å². The highest BCUT2D eigenvalue weighted by Gasteiger charge is 2.27. The van der Waals surface area contributed by atoms with Crippen LogP contribution in [0, 0.1) is 0 Å². The Bertz CT molecular complexity index is 2150. The number of anilines is 3. The monoisotopic (exact) mass is 718 g/mol. The summed E-state index contributed by atoms with van der Waals surface area (Å²) in [7, 11) is -3.79. The van der Waals surface area contributed by atoms with E-state index in [-0.39, 0.29) is 62.9 Å². The van der Waals surface area contributed by atoms with Crippen molar-refractivity contribution in [2.75, 3.05) is 29.0 Å². The summed E-state index contributed by atoms with van der Waals surface area (Å²) in [5.74, 6) is -1.19. The number of sulfonamides is 1. The highest BCUT2D eigenvalue weighted by atomic mass is 32.2. The number of phenols is 1. The lowest BCUT2D eigenvalue weighted by molar-refractivity contribution is 0.0997. The normalized spacial score (nSPS) is 12.6. The zero-order chi connectivity index (χ0) is 38.3. The molecule has 0 spiro atoms. The number of rotatable bonds is 8. The number of fused-ring (bicyclic) bond motifs is 1. The van der Waals surface area contributed by atoms with Crippen LogP contribution in [-0.4, -0.2) is 42.9 Å². The molecule has 12 heteroatoms. The summed E-state index contributed by atoms with van der Waals surface area (Å²) < 4.78 is 33.5. The maximum atomic E-state index is 13.6. The first-order valence-electron chi connectivity index (χ1n) is 17.0. The molecular weight excluding hydrogens is 669 g/mol. The van der Waals surface area contributed by atoms with E-state index in [0.717, 1.165) is 17.2 Å². The minimum atomic E-state index is -3.79. The second-order valence-electron chi connectivity index (χ2n) is 15.7. The highest BCUT2D eigenvalue weighted by molar-refractivity contribution is 7.89. The molecule has 0 saturated carbocycles. The molecule has 0 atom stereocenters. The summed E-state index contributed by atoms with van der Waals surface area (Å²) in [5.41, 5.74) is 1.18. The van der Waals surface area contributed by atoms with Gasteiger partial charge in [0.1, 0.15) is 5.75 Å². The van der Waals surface area contributed by atoms with Crippen molar-refractivity contribution in [2.45, 2.75) is 97.3 Å². The molecule has 0 unspecified atom stereocenters. The molecule has 0 fully saturated rings. The molecule has 4 N–H and O–H groups in total. The number of nitrogens with zero attached hydrogens (tertiary/aromatic N) is 1. The molecule has 11 nitrogen and oxygen atoms in total. The predicted molar refractivity (Wildman–Crippen MR) is 204 cm³/mol. The van der Waals surface area contributed by atoms with Crippen LogP contribution in [0.25, 0.3) is 11.0 Å². The second kappa shape index (κ2) is 14.1. The van der Waals surface area contributed by atoms with Gasteiger partial charge in [0.15, 0.2) is 16.8 Å². The average Bonchev–Trinajstić information content (AvgIpc) is 3.01. The molecule has 0 bridgehead atoms. The first-order valence-corrected chi connectivity index (χ1v) is 18.4. The Morgan fingerprint density at radius 2 is 1.33 bits per heavy atom. The van der Waals surface area contributed by atoms with E-state index in [9.17, 15) is 27.9 Å². The van der Waals surface area contributed by atoms with Gasteiger partial charge in [-0.15, -0.1) is 0 Å². The lowest BCUT2D eigenvalue weighted by atomic mass is 9.79. The Morgan fingerprint density at radius 3 is 1.90 bits per heavy atom. The average molecular weight is 719 g/mol. The molecule has 4 aromatic rings. The van der Waals surface area contributed by atoms with E-state index in [1.807, 2.05) is 68.4 Å². The van der Waals surface area contributed by atoms with Crippen LogP contribution in [0.3, 0.4) is 0 Å². The first kappa shape index (κ1) is 39.1. The third-order valence-electron chi connectivity index (χ3n) is 8.63. The van der Waals surface area contributed by atoms with E-state index in [1.54, 1.807) is 32.0 Å². The molecule has 0 aliphatic rings. The van der Waals surface area contributed by atoms with Crippen molar-refractivity contribution in [2.24, 2.45) is 0 Å². The molecule has 274 valence electrons. The van der Waals surface area contributed by atoms with Crippen LogP contribution >= 0.6 is 0 Å². The smallest absolute Gasteiger partial charge is 0.323 e. The summed E-state index contributed by atoms with van der Waals surface area (Å²) in [6, 6.07) is 13.2. The van der Waals surface area contributed by atoms with Gasteiger partial charge >= 0.3 is 6.03 Å². The van der Waals surface area contributed by atoms with Gasteiger partial charge in [-0.05, 0) is 63.8 Å². The van der Waals surface area contributed by atoms with Gasteiger partial charge in [-0.1, -0.05) is 88.3 Å². The molecule has 0 radical (unpaired) electrons. The summed E-state index contributed by atoms with van der Waals surface area (Å²) in [6.07, 6.45) is 0. The van der Waals surface area contributed by atoms with Gasteiger partial charge in [-0.25, -0.2) is 13.2 Å². The first-order chi connectivity index (χ1) is 23.5. The van der Waals surface area contributed by atoms with Crippen LogP contribution in [0.15, 0.2) is 68.7 Å². The second-order valence-corrected chi connectivity index (χ2v) is 17.6. The molecule has 3 amide bonds. The number of phenolic OH excluding ortho intramolecular Hbond substituents is 1. The van der Waals surface area contributed by atoms with Crippen molar-refractivity contribution in [1.82, 2.24) is 4.31 Å². The summed E-state index contributed by atoms with van der Waals surface area (Å²) in [6.45, 7) is 22.0. The van der Waals surface area contributed by atoms with Crippen molar-refractivity contribution in [3.8, 4) is 5.75 Å². The fourth-order valence-corrected chi connectivity index (χ4v) is 7.05. The largest absolute Gasteiger partial charge is 0.505 e. The molecule has 0 aliphatic heterocycles. The topological polar surface area (TPSA) is 158 Å². The molecule has 3 aromatic carbocycles. The fourth-order valence-electron chi connectivity index (χ4n) is 5.55. The SMILES string of the molecule is CCN(CC)S(=O)(=O)c1cccc(NC(=O)c2cc(=O)c3cc(C(C)(C)C)cc(NC(=O)Nc4cc(C(C)(C)C)cc(C(C)(C)C)c4O)c3o2)c1. The van der Waals surface area contributed by atoms with Crippen LogP contribution in [0.2, 0.25) is 0 Å². The fraction of sp³-hybridized carbons (Fsp3) is 0.410. The van der Waals surface area contributed by atoms with Gasteiger partial charge in [-0.2, -0.15) is 4.31 Å². The van der Waals surface area contributed by atoms with Gasteiger partial charge in [0.25, 0.3) is 5.91 Å². The van der Waals surface area contributed by atoms with Crippen molar-refractivity contribution < 1.29 is 27.5 Å². The van der Waals surface area contributed by atoms with Crippen LogP contribution in [-0.2, 0) is 26.3 Å². The van der Waals surface area contributed by atoms with Crippen LogP contribution < -0.4 is 21.4 Å². The van der Waals surface area contributed by atoms with Crippen molar-refractivity contribution in [1.29, 1.82) is 0 Å². The van der Waals surface area contributed by atoms with E-state index in [2.05, 4.69) is 16.0 Å². The molecule has 4 rings (SSSR count). The number of hydrogen-bond donors (Lipinski definition) is 4. The molecule has 51 heavy (non-hydrogen) atoms. The van der Waals surface area contributed by atoms with E-state index in [0.29, 0.717) is 5.56 Å². The third-order valence-corrected chi connectivity index (χ3v) is 10.7. The summed E-state index contributed by atoms with van der Waals surface area (Å²) >= 11 is 0. The number of carbonyl (C=O) groups is 2. The van der Waals surface area contributed by atoms with Gasteiger partial charge in [-0.3, -0.25) is 9.59 Å². The zero-order valence-electron chi connectivity index (χ0n) is 31.4. The van der Waals surface area contributed by atoms with Crippen LogP contribution in [0.5, 0.6) is 5.75 Å². The molecule has 0 saturated heterocycles. The molecule has 1 aromatic heterocycles. The predicted octanol–water partition coefficient (Wildman–Crippen LogP) is 8.32. The Balaban J connectivity index is 1.76. The van der Waals surface area contributed by atoms with Gasteiger partial charge in [0.05, 0.1) is 21.7 Å². The minimum absolute atomic E-state index is 0.00451. The van der Waals surface area contributed by atoms with Crippen LogP contribution in [0.1, 0.15) is 103 Å². The number of urea groups is 1. The van der Waals surface area contributed by atoms with E-state index >= 15 is 0 Å². The Labute approximate surface area is 300 Å². The van der Waals surface area contributed by atoms with Crippen molar-refractivity contribution in [3.05, 3.63) is 87.3 Å². The van der Waals surface area contributed by atoms with E-state index < -0.39 is 38.2 Å². The maximum Gasteiger partial charge on any atom is 0.323 e. The lowest BCUT2D eigenvalue weighted by Crippen LogP contribution is -2.30. The number of hydrogen-bond acceptors (Lipinski definition) is 7. The molecule has 1 heterocycles.